The van der Waals surface area contributed by atoms with Crippen molar-refractivity contribution in [1.29, 1.82) is 0 Å². The van der Waals surface area contributed by atoms with Crippen LogP contribution in [0.3, 0.4) is 0 Å². The maximum atomic E-state index is 6.12. The van der Waals surface area contributed by atoms with E-state index in [1.54, 1.807) is 0 Å². The molecule has 15 heavy (non-hydrogen) atoms. The third-order valence-electron chi connectivity index (χ3n) is 3.01. The van der Waals surface area contributed by atoms with E-state index in [9.17, 15) is 0 Å². The summed E-state index contributed by atoms with van der Waals surface area (Å²) >= 11 is 9.52. The normalized spacial score (nSPS) is 24.2. The van der Waals surface area contributed by atoms with Gasteiger partial charge in [-0.2, -0.15) is 0 Å². The largest absolute Gasteiger partial charge is 0.312 e. The molecule has 0 amide bonds. The second kappa shape index (κ2) is 4.86. The van der Waals surface area contributed by atoms with Gasteiger partial charge in [-0.15, -0.1) is 0 Å². The van der Waals surface area contributed by atoms with Crippen LogP contribution in [-0.4, -0.2) is 6.54 Å². The molecule has 2 unspecified atom stereocenters. The van der Waals surface area contributed by atoms with Crippen LogP contribution < -0.4 is 5.32 Å². The second-order valence-electron chi connectivity index (χ2n) is 4.34. The summed E-state index contributed by atoms with van der Waals surface area (Å²) in [5.74, 6) is 1.80. The molecule has 1 N–H and O–H groups in total. The van der Waals surface area contributed by atoms with Crippen molar-refractivity contribution >= 4 is 27.5 Å². The Morgan fingerprint density at radius 2 is 2.27 bits per heavy atom. The van der Waals surface area contributed by atoms with E-state index in [0.717, 1.165) is 34.4 Å². The van der Waals surface area contributed by atoms with Gasteiger partial charge in [0.1, 0.15) is 0 Å². The van der Waals surface area contributed by atoms with Crippen LogP contribution >= 0.6 is 27.5 Å². The summed E-state index contributed by atoms with van der Waals surface area (Å²) in [6.07, 6.45) is 1.38. The highest BCUT2D eigenvalue weighted by Gasteiger charge is 2.31. The minimum atomic E-state index is 0.834. The van der Waals surface area contributed by atoms with Gasteiger partial charge >= 0.3 is 0 Å². The highest BCUT2D eigenvalue weighted by atomic mass is 79.9. The average molecular weight is 289 g/mol. The standard InChI is InChI=1S/C12H15BrClN/c1-8-4-10(8)7-15-6-9-2-3-11(13)5-12(9)14/h2-3,5,8,10,15H,4,6-7H2,1H3. The van der Waals surface area contributed by atoms with Crippen LogP contribution in [0.4, 0.5) is 0 Å². The van der Waals surface area contributed by atoms with Gasteiger partial charge in [-0.25, -0.2) is 0 Å². The lowest BCUT2D eigenvalue weighted by Gasteiger charge is -2.06. The zero-order chi connectivity index (χ0) is 10.8. The van der Waals surface area contributed by atoms with E-state index >= 15 is 0 Å². The lowest BCUT2D eigenvalue weighted by molar-refractivity contribution is 0.612. The first kappa shape index (κ1) is 11.4. The van der Waals surface area contributed by atoms with E-state index in [1.807, 2.05) is 12.1 Å². The van der Waals surface area contributed by atoms with Gasteiger partial charge in [0, 0.05) is 16.0 Å². The van der Waals surface area contributed by atoms with E-state index in [4.69, 9.17) is 11.6 Å². The van der Waals surface area contributed by atoms with Crippen molar-refractivity contribution < 1.29 is 0 Å². The minimum Gasteiger partial charge on any atom is -0.312 e. The third kappa shape index (κ3) is 3.20. The molecule has 82 valence electrons. The maximum Gasteiger partial charge on any atom is 0.0462 e. The summed E-state index contributed by atoms with van der Waals surface area (Å²) in [5, 5.41) is 4.29. The second-order valence-corrected chi connectivity index (χ2v) is 5.66. The lowest BCUT2D eigenvalue weighted by Crippen LogP contribution is -2.16. The molecule has 1 fully saturated rings. The fourth-order valence-electron chi connectivity index (χ4n) is 1.74. The van der Waals surface area contributed by atoms with Crippen LogP contribution in [0.5, 0.6) is 0 Å². The predicted molar refractivity (Wildman–Crippen MR) is 68.1 cm³/mol. The maximum absolute atomic E-state index is 6.12. The molecule has 0 aromatic heterocycles. The van der Waals surface area contributed by atoms with Crippen LogP contribution in [-0.2, 0) is 6.54 Å². The molecule has 0 spiro atoms. The summed E-state index contributed by atoms with van der Waals surface area (Å²) in [6, 6.07) is 6.04. The number of nitrogens with one attached hydrogen (secondary N) is 1. The van der Waals surface area contributed by atoms with Gasteiger partial charge in [-0.3, -0.25) is 0 Å². The first-order valence-electron chi connectivity index (χ1n) is 5.31. The minimum absolute atomic E-state index is 0.834. The fraction of sp³-hybridized carbons (Fsp3) is 0.500. The van der Waals surface area contributed by atoms with E-state index in [0.29, 0.717) is 0 Å². The van der Waals surface area contributed by atoms with Crippen molar-refractivity contribution in [1.82, 2.24) is 5.32 Å². The monoisotopic (exact) mass is 287 g/mol. The highest BCUT2D eigenvalue weighted by Crippen LogP contribution is 2.36. The van der Waals surface area contributed by atoms with Gasteiger partial charge in [-0.05, 0) is 42.5 Å². The molecule has 0 bridgehead atoms. The Labute approximate surface area is 104 Å². The third-order valence-corrected chi connectivity index (χ3v) is 3.86. The number of hydrogen-bond acceptors (Lipinski definition) is 1. The molecule has 2 rings (SSSR count). The van der Waals surface area contributed by atoms with Crippen LogP contribution in [0.2, 0.25) is 5.02 Å². The van der Waals surface area contributed by atoms with Crippen molar-refractivity contribution in [2.24, 2.45) is 11.8 Å². The Bertz CT molecular complexity index is 353. The van der Waals surface area contributed by atoms with Gasteiger partial charge in [0.15, 0.2) is 0 Å². The molecule has 1 aliphatic carbocycles. The highest BCUT2D eigenvalue weighted by molar-refractivity contribution is 9.10. The first-order valence-corrected chi connectivity index (χ1v) is 6.48. The topological polar surface area (TPSA) is 12.0 Å². The zero-order valence-corrected chi connectivity index (χ0v) is 11.1. The van der Waals surface area contributed by atoms with Crippen LogP contribution in [0.15, 0.2) is 22.7 Å². The van der Waals surface area contributed by atoms with Crippen LogP contribution in [0.25, 0.3) is 0 Å². The summed E-state index contributed by atoms with van der Waals surface area (Å²) in [6.45, 7) is 4.29. The Hall–Kier alpha value is -0.0500. The van der Waals surface area contributed by atoms with E-state index in [1.165, 1.54) is 12.0 Å². The number of benzene rings is 1. The van der Waals surface area contributed by atoms with Crippen molar-refractivity contribution in [3.63, 3.8) is 0 Å². The number of rotatable bonds is 4. The summed E-state index contributed by atoms with van der Waals surface area (Å²) in [5.41, 5.74) is 1.17. The van der Waals surface area contributed by atoms with Crippen LogP contribution in [0.1, 0.15) is 18.9 Å². The van der Waals surface area contributed by atoms with Gasteiger partial charge in [0.2, 0.25) is 0 Å². The van der Waals surface area contributed by atoms with E-state index < -0.39 is 0 Å². The zero-order valence-electron chi connectivity index (χ0n) is 8.76. The predicted octanol–water partition coefficient (Wildman–Crippen LogP) is 3.85. The summed E-state index contributed by atoms with van der Waals surface area (Å²) in [4.78, 5) is 0. The molecular formula is C12H15BrClN. The molecule has 0 radical (unpaired) electrons. The smallest absolute Gasteiger partial charge is 0.0462 e. The lowest BCUT2D eigenvalue weighted by atomic mass is 10.2. The fourth-order valence-corrected chi connectivity index (χ4v) is 2.48. The molecule has 1 nitrogen and oxygen atoms in total. The molecule has 0 saturated heterocycles. The summed E-state index contributed by atoms with van der Waals surface area (Å²) in [7, 11) is 0. The number of hydrogen-bond donors (Lipinski definition) is 1. The van der Waals surface area contributed by atoms with Gasteiger partial charge < -0.3 is 5.32 Å². The molecule has 0 aliphatic heterocycles. The Morgan fingerprint density at radius 1 is 1.53 bits per heavy atom. The molecule has 1 aromatic carbocycles. The first-order chi connectivity index (χ1) is 7.16. The number of halogens is 2. The Balaban J connectivity index is 1.82. The summed E-state index contributed by atoms with van der Waals surface area (Å²) < 4.78 is 1.03. The molecule has 2 atom stereocenters. The molecule has 1 aliphatic rings. The molecule has 0 heterocycles. The van der Waals surface area contributed by atoms with Crippen LogP contribution in [0, 0.1) is 11.8 Å². The Morgan fingerprint density at radius 3 is 2.87 bits per heavy atom. The van der Waals surface area contributed by atoms with Crippen molar-refractivity contribution in [2.75, 3.05) is 6.54 Å². The molecular weight excluding hydrogens is 273 g/mol. The SMILES string of the molecule is CC1CC1CNCc1ccc(Br)cc1Cl. The Kier molecular flexibility index (Phi) is 3.70. The molecule has 1 saturated carbocycles. The molecule has 1 aromatic rings. The van der Waals surface area contributed by atoms with Gasteiger partial charge in [0.25, 0.3) is 0 Å². The van der Waals surface area contributed by atoms with Crippen molar-refractivity contribution in [2.45, 2.75) is 19.9 Å². The van der Waals surface area contributed by atoms with Crippen molar-refractivity contribution in [3.8, 4) is 0 Å². The van der Waals surface area contributed by atoms with Gasteiger partial charge in [0.05, 0.1) is 0 Å². The van der Waals surface area contributed by atoms with Crippen molar-refractivity contribution in [3.05, 3.63) is 33.3 Å². The quantitative estimate of drug-likeness (QED) is 0.887. The average Bonchev–Trinajstić information content (AvgIpc) is 2.86. The van der Waals surface area contributed by atoms with Gasteiger partial charge in [-0.1, -0.05) is 40.5 Å². The van der Waals surface area contributed by atoms with E-state index in [-0.39, 0.29) is 0 Å². The van der Waals surface area contributed by atoms with E-state index in [2.05, 4.69) is 34.2 Å². The molecule has 3 heteroatoms.